The lowest BCUT2D eigenvalue weighted by molar-refractivity contribution is -0.141. The maximum absolute atomic E-state index is 12.6. The molecular formula is C20H19Cl2NO5. The molecule has 1 amide bonds. The first-order valence-corrected chi connectivity index (χ1v) is 9.42. The van der Waals surface area contributed by atoms with Gasteiger partial charge in [0.05, 0.1) is 31.0 Å². The summed E-state index contributed by atoms with van der Waals surface area (Å²) in [6, 6.07) is 9.81. The Kier molecular flexibility index (Phi) is 6.65. The van der Waals surface area contributed by atoms with Crippen LogP contribution in [-0.2, 0) is 20.7 Å². The average Bonchev–Trinajstić information content (AvgIpc) is 2.67. The van der Waals surface area contributed by atoms with Crippen molar-refractivity contribution in [2.24, 2.45) is 0 Å². The molecule has 1 atom stereocenters. The number of methoxy groups -OCH3 is 1. The monoisotopic (exact) mass is 423 g/mol. The van der Waals surface area contributed by atoms with E-state index in [1.54, 1.807) is 36.4 Å². The quantitative estimate of drug-likeness (QED) is 0.716. The molecule has 6 nitrogen and oxygen atoms in total. The smallest absolute Gasteiger partial charge is 0.307 e. The minimum absolute atomic E-state index is 0.0339. The van der Waals surface area contributed by atoms with Crippen LogP contribution in [0, 0.1) is 0 Å². The first-order valence-electron chi connectivity index (χ1n) is 8.66. The third-order valence-electron chi connectivity index (χ3n) is 4.24. The standard InChI is InChI=1S/C20H19Cl2NO5/c1-26-19(25)11-16(13-4-2-3-5-14(13)21)23-18(24)10-12-8-15(22)20-17(9-12)27-6-7-28-20/h2-5,8-9,16H,6-7,10-11H2,1H3,(H,23,24). The number of hydrogen-bond acceptors (Lipinski definition) is 5. The third kappa shape index (κ3) is 4.88. The van der Waals surface area contributed by atoms with Gasteiger partial charge in [-0.3, -0.25) is 9.59 Å². The molecule has 0 saturated heterocycles. The van der Waals surface area contributed by atoms with Gasteiger partial charge in [-0.15, -0.1) is 0 Å². The van der Waals surface area contributed by atoms with E-state index >= 15 is 0 Å². The van der Waals surface area contributed by atoms with Gasteiger partial charge in [0.15, 0.2) is 11.5 Å². The van der Waals surface area contributed by atoms with Crippen LogP contribution in [0.2, 0.25) is 10.0 Å². The molecule has 148 valence electrons. The largest absolute Gasteiger partial charge is 0.486 e. The second-order valence-electron chi connectivity index (χ2n) is 6.20. The molecule has 0 bridgehead atoms. The number of amides is 1. The van der Waals surface area contributed by atoms with Gasteiger partial charge in [-0.1, -0.05) is 41.4 Å². The van der Waals surface area contributed by atoms with Gasteiger partial charge in [0.1, 0.15) is 13.2 Å². The van der Waals surface area contributed by atoms with Crippen molar-refractivity contribution in [3.05, 3.63) is 57.6 Å². The summed E-state index contributed by atoms with van der Waals surface area (Å²) in [5, 5.41) is 3.69. The van der Waals surface area contributed by atoms with E-state index in [9.17, 15) is 9.59 Å². The van der Waals surface area contributed by atoms with Crippen LogP contribution in [0.4, 0.5) is 0 Å². The molecule has 0 saturated carbocycles. The molecular weight excluding hydrogens is 405 g/mol. The Bertz CT molecular complexity index is 887. The summed E-state index contributed by atoms with van der Waals surface area (Å²) in [5.41, 5.74) is 1.31. The SMILES string of the molecule is COC(=O)CC(NC(=O)Cc1cc(Cl)c2c(c1)OCCO2)c1ccccc1Cl. The lowest BCUT2D eigenvalue weighted by Gasteiger charge is -2.21. The van der Waals surface area contributed by atoms with Gasteiger partial charge in [-0.25, -0.2) is 0 Å². The number of carbonyl (C=O) groups is 2. The van der Waals surface area contributed by atoms with Crippen molar-refractivity contribution in [1.82, 2.24) is 5.32 Å². The molecule has 28 heavy (non-hydrogen) atoms. The maximum atomic E-state index is 12.6. The number of fused-ring (bicyclic) bond motifs is 1. The second kappa shape index (κ2) is 9.17. The lowest BCUT2D eigenvalue weighted by Crippen LogP contribution is -2.32. The molecule has 0 fully saturated rings. The maximum Gasteiger partial charge on any atom is 0.307 e. The van der Waals surface area contributed by atoms with Crippen molar-refractivity contribution >= 4 is 35.1 Å². The molecule has 8 heteroatoms. The van der Waals surface area contributed by atoms with Gasteiger partial charge in [0.2, 0.25) is 5.91 Å². The first-order chi connectivity index (χ1) is 13.5. The number of rotatable bonds is 6. The van der Waals surface area contributed by atoms with Crippen LogP contribution in [0.3, 0.4) is 0 Å². The van der Waals surface area contributed by atoms with E-state index in [0.29, 0.717) is 45.9 Å². The summed E-state index contributed by atoms with van der Waals surface area (Å²) in [5.74, 6) is 0.254. The number of hydrogen-bond donors (Lipinski definition) is 1. The van der Waals surface area contributed by atoms with E-state index in [1.165, 1.54) is 7.11 Å². The Labute approximate surface area is 172 Å². The number of nitrogens with one attached hydrogen (secondary N) is 1. The van der Waals surface area contributed by atoms with Crippen LogP contribution in [0.15, 0.2) is 36.4 Å². The number of halogens is 2. The van der Waals surface area contributed by atoms with E-state index in [4.69, 9.17) is 37.4 Å². The van der Waals surface area contributed by atoms with Crippen molar-refractivity contribution in [3.63, 3.8) is 0 Å². The predicted octanol–water partition coefficient (Wildman–Crippen LogP) is 3.73. The van der Waals surface area contributed by atoms with Crippen LogP contribution in [0.25, 0.3) is 0 Å². The second-order valence-corrected chi connectivity index (χ2v) is 7.01. The fraction of sp³-hybridized carbons (Fsp3) is 0.300. The highest BCUT2D eigenvalue weighted by Crippen LogP contribution is 2.38. The van der Waals surface area contributed by atoms with Crippen LogP contribution in [0.5, 0.6) is 11.5 Å². The third-order valence-corrected chi connectivity index (χ3v) is 4.86. The zero-order chi connectivity index (χ0) is 20.1. The molecule has 1 unspecified atom stereocenters. The zero-order valence-electron chi connectivity index (χ0n) is 15.2. The van der Waals surface area contributed by atoms with E-state index in [2.05, 4.69) is 5.32 Å². The van der Waals surface area contributed by atoms with Crippen LogP contribution in [-0.4, -0.2) is 32.2 Å². The van der Waals surface area contributed by atoms with Gasteiger partial charge < -0.3 is 19.5 Å². The van der Waals surface area contributed by atoms with E-state index in [1.807, 2.05) is 0 Å². The first kappa shape index (κ1) is 20.3. The highest BCUT2D eigenvalue weighted by molar-refractivity contribution is 6.32. The van der Waals surface area contributed by atoms with Crippen LogP contribution < -0.4 is 14.8 Å². The van der Waals surface area contributed by atoms with Gasteiger partial charge >= 0.3 is 5.97 Å². The minimum atomic E-state index is -0.610. The molecule has 0 aromatic heterocycles. The van der Waals surface area contributed by atoms with E-state index < -0.39 is 12.0 Å². The Morgan fingerprint density at radius 3 is 2.64 bits per heavy atom. The molecule has 2 aromatic carbocycles. The molecule has 0 spiro atoms. The topological polar surface area (TPSA) is 73.9 Å². The molecule has 1 aliphatic rings. The van der Waals surface area contributed by atoms with Crippen LogP contribution in [0.1, 0.15) is 23.6 Å². The van der Waals surface area contributed by atoms with Crippen LogP contribution >= 0.6 is 23.2 Å². The minimum Gasteiger partial charge on any atom is -0.486 e. The summed E-state index contributed by atoms with van der Waals surface area (Å²) in [7, 11) is 1.30. The van der Waals surface area contributed by atoms with Crippen molar-refractivity contribution in [2.75, 3.05) is 20.3 Å². The Morgan fingerprint density at radius 1 is 1.14 bits per heavy atom. The van der Waals surface area contributed by atoms with Gasteiger partial charge in [0, 0.05) is 5.02 Å². The highest BCUT2D eigenvalue weighted by atomic mass is 35.5. The number of carbonyl (C=O) groups excluding carboxylic acids is 2. The summed E-state index contributed by atoms with van der Waals surface area (Å²) in [6.07, 6.45) is 0.0202. The average molecular weight is 424 g/mol. The lowest BCUT2D eigenvalue weighted by atomic mass is 10.0. The van der Waals surface area contributed by atoms with Gasteiger partial charge in [-0.2, -0.15) is 0 Å². The summed E-state index contributed by atoms with van der Waals surface area (Å²) >= 11 is 12.5. The number of esters is 1. The Hall–Kier alpha value is -2.44. The van der Waals surface area contributed by atoms with E-state index in [0.717, 1.165) is 0 Å². The molecule has 2 aromatic rings. The van der Waals surface area contributed by atoms with Crippen molar-refractivity contribution in [1.29, 1.82) is 0 Å². The predicted molar refractivity (Wildman–Crippen MR) is 105 cm³/mol. The highest BCUT2D eigenvalue weighted by Gasteiger charge is 2.22. The normalized spacial score (nSPS) is 13.5. The number of ether oxygens (including phenoxy) is 3. The summed E-state index contributed by atoms with van der Waals surface area (Å²) in [4.78, 5) is 24.4. The Morgan fingerprint density at radius 2 is 1.89 bits per heavy atom. The van der Waals surface area contributed by atoms with Gasteiger partial charge in [-0.05, 0) is 29.3 Å². The van der Waals surface area contributed by atoms with Crippen molar-refractivity contribution in [3.8, 4) is 11.5 Å². The fourth-order valence-corrected chi connectivity index (χ4v) is 3.50. The molecule has 0 radical (unpaired) electrons. The van der Waals surface area contributed by atoms with Crippen molar-refractivity contribution < 1.29 is 23.8 Å². The zero-order valence-corrected chi connectivity index (χ0v) is 16.7. The molecule has 3 rings (SSSR count). The van der Waals surface area contributed by atoms with Crippen molar-refractivity contribution in [2.45, 2.75) is 18.9 Å². The molecule has 0 aliphatic carbocycles. The molecule has 1 N–H and O–H groups in total. The molecule has 1 heterocycles. The fourth-order valence-electron chi connectivity index (χ4n) is 2.94. The van der Waals surface area contributed by atoms with E-state index in [-0.39, 0.29) is 18.7 Å². The summed E-state index contributed by atoms with van der Waals surface area (Å²) in [6.45, 7) is 0.853. The van der Waals surface area contributed by atoms with Gasteiger partial charge in [0.25, 0.3) is 0 Å². The summed E-state index contributed by atoms with van der Waals surface area (Å²) < 4.78 is 15.8. The number of benzene rings is 2. The Balaban J connectivity index is 1.76. The molecule has 1 aliphatic heterocycles.